The number of oxazole rings is 1. The number of nitrogens with one attached hydrogen (secondary N) is 1. The number of fused-ring (bicyclic) bond motifs is 1. The summed E-state index contributed by atoms with van der Waals surface area (Å²) in [5.74, 6) is 2.36. The van der Waals surface area contributed by atoms with Gasteiger partial charge >= 0.3 is 0 Å². The topological polar surface area (TPSA) is 47.3 Å². The third-order valence-electron chi connectivity index (χ3n) is 5.70. The van der Waals surface area contributed by atoms with Crippen LogP contribution in [0.15, 0.2) is 34.7 Å². The first-order valence-corrected chi connectivity index (χ1v) is 9.69. The molecule has 4 nitrogen and oxygen atoms in total. The zero-order valence-corrected chi connectivity index (χ0v) is 15.2. The fourth-order valence-electron chi connectivity index (χ4n) is 4.39. The normalized spacial score (nSPS) is 27.2. The minimum atomic E-state index is 0.118. The van der Waals surface area contributed by atoms with Gasteiger partial charge in [0, 0.05) is 24.1 Å². The monoisotopic (exact) mass is 340 g/mol. The SMILES string of the molecule is CCc1nc([C@H](C)N[C@@H]2CCC[C@H]3OCC[C@H]23)oc1-c1ccccc1. The van der Waals surface area contributed by atoms with E-state index in [1.54, 1.807) is 0 Å². The standard InChI is InChI=1S/C21H28N2O2/c1-3-17-20(15-8-5-4-6-9-15)25-21(23-17)14(2)22-18-10-7-11-19-16(18)12-13-24-19/h4-6,8-9,14,16,18-19,22H,3,7,10-13H2,1-2H3/t14-,16+,18+,19+/m0/s1. The van der Waals surface area contributed by atoms with Crippen molar-refractivity contribution in [3.8, 4) is 11.3 Å². The van der Waals surface area contributed by atoms with Crippen molar-refractivity contribution in [2.45, 2.75) is 64.1 Å². The second-order valence-electron chi connectivity index (χ2n) is 7.34. The van der Waals surface area contributed by atoms with E-state index < -0.39 is 0 Å². The average molecular weight is 340 g/mol. The number of ether oxygens (including phenoxy) is 1. The Bertz CT molecular complexity index is 697. The Hall–Kier alpha value is -1.65. The molecule has 2 aliphatic rings. The Kier molecular flexibility index (Phi) is 4.91. The molecule has 2 aromatic rings. The molecule has 2 fully saturated rings. The van der Waals surface area contributed by atoms with E-state index in [2.05, 4.69) is 31.3 Å². The van der Waals surface area contributed by atoms with E-state index >= 15 is 0 Å². The summed E-state index contributed by atoms with van der Waals surface area (Å²) >= 11 is 0. The fraction of sp³-hybridized carbons (Fsp3) is 0.571. The van der Waals surface area contributed by atoms with Crippen molar-refractivity contribution < 1.29 is 9.15 Å². The van der Waals surface area contributed by atoms with Gasteiger partial charge in [-0.05, 0) is 39.0 Å². The molecule has 4 atom stereocenters. The molecule has 4 rings (SSSR count). The summed E-state index contributed by atoms with van der Waals surface area (Å²) in [6.45, 7) is 5.21. The van der Waals surface area contributed by atoms with E-state index in [0.717, 1.165) is 35.9 Å². The van der Waals surface area contributed by atoms with Gasteiger partial charge in [0.1, 0.15) is 0 Å². The van der Waals surface area contributed by atoms with Gasteiger partial charge in [0.05, 0.1) is 17.8 Å². The van der Waals surface area contributed by atoms with Gasteiger partial charge < -0.3 is 14.5 Å². The van der Waals surface area contributed by atoms with Gasteiger partial charge in [-0.2, -0.15) is 0 Å². The predicted molar refractivity (Wildman–Crippen MR) is 98.4 cm³/mol. The second-order valence-corrected chi connectivity index (χ2v) is 7.34. The van der Waals surface area contributed by atoms with Crippen LogP contribution < -0.4 is 5.32 Å². The molecule has 1 N–H and O–H groups in total. The summed E-state index contributed by atoms with van der Waals surface area (Å²) in [5.41, 5.74) is 2.15. The van der Waals surface area contributed by atoms with Crippen LogP contribution in [0.25, 0.3) is 11.3 Å². The molecule has 2 heterocycles. The molecule has 0 unspecified atom stereocenters. The lowest BCUT2D eigenvalue weighted by molar-refractivity contribution is 0.0508. The molecule has 0 amide bonds. The average Bonchev–Trinajstić information content (AvgIpc) is 3.30. The molecule has 1 aliphatic carbocycles. The van der Waals surface area contributed by atoms with Crippen molar-refractivity contribution in [3.63, 3.8) is 0 Å². The van der Waals surface area contributed by atoms with Crippen molar-refractivity contribution in [3.05, 3.63) is 41.9 Å². The van der Waals surface area contributed by atoms with Crippen LogP contribution in [0.5, 0.6) is 0 Å². The third-order valence-corrected chi connectivity index (χ3v) is 5.70. The maximum Gasteiger partial charge on any atom is 0.212 e. The predicted octanol–water partition coefficient (Wildman–Crippen LogP) is 4.51. The van der Waals surface area contributed by atoms with E-state index in [1.165, 1.54) is 25.7 Å². The number of nitrogens with zero attached hydrogens (tertiary/aromatic N) is 1. The van der Waals surface area contributed by atoms with Crippen LogP contribution in [0.1, 0.15) is 57.2 Å². The highest BCUT2D eigenvalue weighted by Crippen LogP contribution is 2.36. The van der Waals surface area contributed by atoms with Gasteiger partial charge in [-0.25, -0.2) is 4.98 Å². The van der Waals surface area contributed by atoms with E-state index in [4.69, 9.17) is 14.1 Å². The highest BCUT2D eigenvalue weighted by Gasteiger charge is 2.38. The Balaban J connectivity index is 1.52. The molecular formula is C21H28N2O2. The van der Waals surface area contributed by atoms with Crippen molar-refractivity contribution in [2.24, 2.45) is 5.92 Å². The smallest absolute Gasteiger partial charge is 0.212 e. The van der Waals surface area contributed by atoms with Crippen LogP contribution in [0.4, 0.5) is 0 Å². The molecule has 0 spiro atoms. The van der Waals surface area contributed by atoms with E-state index in [1.807, 2.05) is 18.2 Å². The first kappa shape index (κ1) is 16.8. The van der Waals surface area contributed by atoms with Crippen LogP contribution in [0.3, 0.4) is 0 Å². The van der Waals surface area contributed by atoms with E-state index in [0.29, 0.717) is 18.1 Å². The number of aryl methyl sites for hydroxylation is 1. The molecule has 1 aromatic heterocycles. The summed E-state index contributed by atoms with van der Waals surface area (Å²) in [7, 11) is 0. The second kappa shape index (κ2) is 7.30. The lowest BCUT2D eigenvalue weighted by Gasteiger charge is -2.34. The van der Waals surface area contributed by atoms with Crippen LogP contribution in [-0.4, -0.2) is 23.7 Å². The van der Waals surface area contributed by atoms with Gasteiger partial charge in [-0.15, -0.1) is 0 Å². The minimum Gasteiger partial charge on any atom is -0.439 e. The number of aromatic nitrogens is 1. The van der Waals surface area contributed by atoms with Crippen LogP contribution >= 0.6 is 0 Å². The Morgan fingerprint density at radius 2 is 2.04 bits per heavy atom. The molecule has 1 aromatic carbocycles. The highest BCUT2D eigenvalue weighted by molar-refractivity contribution is 5.59. The molecule has 1 saturated heterocycles. The number of hydrogen-bond donors (Lipinski definition) is 1. The first-order valence-electron chi connectivity index (χ1n) is 9.69. The largest absolute Gasteiger partial charge is 0.439 e. The summed E-state index contributed by atoms with van der Waals surface area (Å²) < 4.78 is 12.1. The van der Waals surface area contributed by atoms with Gasteiger partial charge in [-0.1, -0.05) is 37.3 Å². The van der Waals surface area contributed by atoms with Crippen molar-refractivity contribution >= 4 is 0 Å². The van der Waals surface area contributed by atoms with Crippen molar-refractivity contribution in [2.75, 3.05) is 6.61 Å². The molecule has 25 heavy (non-hydrogen) atoms. The van der Waals surface area contributed by atoms with Gasteiger partial charge in [-0.3, -0.25) is 0 Å². The van der Waals surface area contributed by atoms with Gasteiger partial charge in [0.15, 0.2) is 5.76 Å². The summed E-state index contributed by atoms with van der Waals surface area (Å²) in [6.07, 6.45) is 6.19. The third kappa shape index (κ3) is 3.38. The zero-order valence-electron chi connectivity index (χ0n) is 15.2. The molecule has 134 valence electrons. The van der Waals surface area contributed by atoms with E-state index in [9.17, 15) is 0 Å². The first-order chi connectivity index (χ1) is 12.3. The number of benzene rings is 1. The van der Waals surface area contributed by atoms with Gasteiger partial charge in [0.2, 0.25) is 5.89 Å². The Morgan fingerprint density at radius 1 is 1.20 bits per heavy atom. The van der Waals surface area contributed by atoms with Crippen molar-refractivity contribution in [1.82, 2.24) is 10.3 Å². The number of hydrogen-bond acceptors (Lipinski definition) is 4. The molecule has 1 aliphatic heterocycles. The van der Waals surface area contributed by atoms with Gasteiger partial charge in [0.25, 0.3) is 0 Å². The maximum atomic E-state index is 6.20. The molecular weight excluding hydrogens is 312 g/mol. The van der Waals surface area contributed by atoms with Crippen LogP contribution in [0.2, 0.25) is 0 Å². The zero-order chi connectivity index (χ0) is 17.2. The summed E-state index contributed by atoms with van der Waals surface area (Å²) in [5, 5.41) is 3.79. The molecule has 4 heteroatoms. The summed E-state index contributed by atoms with van der Waals surface area (Å²) in [6, 6.07) is 10.9. The molecule has 0 radical (unpaired) electrons. The quantitative estimate of drug-likeness (QED) is 0.870. The lowest BCUT2D eigenvalue weighted by atomic mass is 9.81. The van der Waals surface area contributed by atoms with Crippen LogP contribution in [-0.2, 0) is 11.2 Å². The fourth-order valence-corrected chi connectivity index (χ4v) is 4.39. The highest BCUT2D eigenvalue weighted by atomic mass is 16.5. The molecule has 1 saturated carbocycles. The Labute approximate surface area is 150 Å². The molecule has 0 bridgehead atoms. The lowest BCUT2D eigenvalue weighted by Crippen LogP contribution is -2.44. The Morgan fingerprint density at radius 3 is 2.84 bits per heavy atom. The maximum absolute atomic E-state index is 6.20. The van der Waals surface area contributed by atoms with Crippen molar-refractivity contribution in [1.29, 1.82) is 0 Å². The van der Waals surface area contributed by atoms with E-state index in [-0.39, 0.29) is 6.04 Å². The summed E-state index contributed by atoms with van der Waals surface area (Å²) in [4.78, 5) is 4.80. The number of rotatable bonds is 5. The van der Waals surface area contributed by atoms with Crippen LogP contribution in [0, 0.1) is 5.92 Å². The minimum absolute atomic E-state index is 0.118.